The first-order valence-electron chi connectivity index (χ1n) is 9.70. The first kappa shape index (κ1) is 18.0. The van der Waals surface area contributed by atoms with Gasteiger partial charge in [0.15, 0.2) is 0 Å². The molecule has 3 unspecified atom stereocenters. The first-order valence-corrected chi connectivity index (χ1v) is 9.70. The lowest BCUT2D eigenvalue weighted by Crippen LogP contribution is -2.63. The summed E-state index contributed by atoms with van der Waals surface area (Å²) in [6.45, 7) is 6.27. The Bertz CT molecular complexity index is 882. The summed E-state index contributed by atoms with van der Waals surface area (Å²) in [5, 5.41) is 3.02. The average molecular weight is 369 g/mol. The monoisotopic (exact) mass is 369 g/mol. The van der Waals surface area contributed by atoms with Crippen LogP contribution >= 0.6 is 0 Å². The maximum atomic E-state index is 13.1. The van der Waals surface area contributed by atoms with Gasteiger partial charge in [0.05, 0.1) is 11.0 Å². The second-order valence-electron chi connectivity index (χ2n) is 8.59. The van der Waals surface area contributed by atoms with Gasteiger partial charge in [-0.3, -0.25) is 20.3 Å². The molecule has 1 aromatic carbocycles. The van der Waals surface area contributed by atoms with Crippen molar-refractivity contribution < 1.29 is 9.59 Å². The fraction of sp³-hybridized carbons (Fsp3) is 0.550. The third-order valence-electron chi connectivity index (χ3n) is 5.68. The smallest absolute Gasteiger partial charge is 0.245 e. The molecule has 2 aliphatic rings. The molecule has 1 aliphatic heterocycles. The van der Waals surface area contributed by atoms with Crippen molar-refractivity contribution in [2.45, 2.75) is 58.0 Å². The van der Waals surface area contributed by atoms with Crippen molar-refractivity contribution in [3.63, 3.8) is 0 Å². The van der Waals surface area contributed by atoms with Crippen LogP contribution in [-0.2, 0) is 15.1 Å². The predicted octanol–water partition coefficient (Wildman–Crippen LogP) is 2.54. The molecule has 144 valence electrons. The molecule has 1 saturated carbocycles. The molecule has 1 aromatic heterocycles. The van der Waals surface area contributed by atoms with Crippen LogP contribution in [0.25, 0.3) is 11.0 Å². The molecular formula is C20H27N5O2. The van der Waals surface area contributed by atoms with Crippen molar-refractivity contribution in [1.82, 2.24) is 20.4 Å². The van der Waals surface area contributed by atoms with Gasteiger partial charge in [0.25, 0.3) is 0 Å². The Hall–Kier alpha value is -2.41. The number of imidazole rings is 1. The normalized spacial score (nSPS) is 25.7. The molecule has 2 heterocycles. The molecule has 1 aliphatic carbocycles. The maximum Gasteiger partial charge on any atom is 0.245 e. The summed E-state index contributed by atoms with van der Waals surface area (Å²) in [5.41, 5.74) is 7.23. The fourth-order valence-corrected chi connectivity index (χ4v) is 4.47. The van der Waals surface area contributed by atoms with Crippen LogP contribution < -0.4 is 16.2 Å². The minimum absolute atomic E-state index is 0.00526. The number of hydrogen-bond donors (Lipinski definition) is 3. The van der Waals surface area contributed by atoms with Crippen molar-refractivity contribution in [2.75, 3.05) is 5.32 Å². The second kappa shape index (κ2) is 6.64. The van der Waals surface area contributed by atoms with Gasteiger partial charge in [-0.2, -0.15) is 0 Å². The van der Waals surface area contributed by atoms with E-state index in [2.05, 4.69) is 46.5 Å². The van der Waals surface area contributed by atoms with Crippen molar-refractivity contribution in [2.24, 2.45) is 11.8 Å². The van der Waals surface area contributed by atoms with E-state index in [0.29, 0.717) is 5.95 Å². The molecule has 7 heteroatoms. The van der Waals surface area contributed by atoms with E-state index in [0.717, 1.165) is 36.7 Å². The minimum atomic E-state index is -0.443. The number of carbonyl (C=O) groups is 2. The van der Waals surface area contributed by atoms with E-state index in [9.17, 15) is 9.59 Å². The topological polar surface area (TPSA) is 88.0 Å². The number of nitrogens with one attached hydrogen (secondary N) is 3. The van der Waals surface area contributed by atoms with Gasteiger partial charge in [-0.1, -0.05) is 25.0 Å². The molecule has 7 nitrogen and oxygen atoms in total. The number of rotatable bonds is 2. The number of para-hydroxylation sites is 2. The number of amides is 2. The second-order valence-corrected chi connectivity index (χ2v) is 8.59. The Balaban J connectivity index is 1.64. The zero-order chi connectivity index (χ0) is 19.2. The lowest BCUT2D eigenvalue weighted by Gasteiger charge is -2.40. The molecule has 2 aromatic rings. The lowest BCUT2D eigenvalue weighted by molar-refractivity contribution is -0.136. The Kier molecular flexibility index (Phi) is 4.42. The highest BCUT2D eigenvalue weighted by Gasteiger charge is 2.43. The molecule has 1 saturated heterocycles. The van der Waals surface area contributed by atoms with E-state index in [-0.39, 0.29) is 29.2 Å². The maximum absolute atomic E-state index is 13.1. The standard InChI is InChI=1S/C20H27N5O2/c1-20(2,3)25-15-11-7-6-10-14(15)21-19(25)22-18(27)16-12-8-4-5-9-13(12)17(26)24-23-16/h6-7,10-13,16,23H,4-5,8-9H2,1-3H3,(H,24,26)(H,21,22,27). The summed E-state index contributed by atoms with van der Waals surface area (Å²) in [6.07, 6.45) is 3.84. The van der Waals surface area contributed by atoms with E-state index >= 15 is 0 Å². The quantitative estimate of drug-likeness (QED) is 0.759. The number of carbonyl (C=O) groups excluding carboxylic acids is 2. The summed E-state index contributed by atoms with van der Waals surface area (Å²) >= 11 is 0. The van der Waals surface area contributed by atoms with Gasteiger partial charge >= 0.3 is 0 Å². The highest BCUT2D eigenvalue weighted by atomic mass is 16.2. The van der Waals surface area contributed by atoms with Gasteiger partial charge in [0.1, 0.15) is 6.04 Å². The lowest BCUT2D eigenvalue weighted by atomic mass is 9.73. The Morgan fingerprint density at radius 1 is 1.22 bits per heavy atom. The Morgan fingerprint density at radius 3 is 2.74 bits per heavy atom. The number of hydrogen-bond acceptors (Lipinski definition) is 4. The minimum Gasteiger partial charge on any atom is -0.305 e. The van der Waals surface area contributed by atoms with Crippen LogP contribution in [0, 0.1) is 11.8 Å². The summed E-state index contributed by atoms with van der Waals surface area (Å²) < 4.78 is 2.06. The number of fused-ring (bicyclic) bond motifs is 2. The van der Waals surface area contributed by atoms with Gasteiger partial charge in [0.2, 0.25) is 17.8 Å². The van der Waals surface area contributed by atoms with Crippen molar-refractivity contribution >= 4 is 28.8 Å². The summed E-state index contributed by atoms with van der Waals surface area (Å²) in [6, 6.07) is 7.44. The summed E-state index contributed by atoms with van der Waals surface area (Å²) in [4.78, 5) is 29.9. The molecule has 0 radical (unpaired) electrons. The third-order valence-corrected chi connectivity index (χ3v) is 5.68. The van der Waals surface area contributed by atoms with E-state index in [4.69, 9.17) is 0 Å². The van der Waals surface area contributed by atoms with Crippen LogP contribution in [0.5, 0.6) is 0 Å². The molecule has 4 rings (SSSR count). The largest absolute Gasteiger partial charge is 0.305 e. The van der Waals surface area contributed by atoms with Crippen LogP contribution in [0.3, 0.4) is 0 Å². The molecule has 0 bridgehead atoms. The van der Waals surface area contributed by atoms with Gasteiger partial charge in [0, 0.05) is 11.5 Å². The fourth-order valence-electron chi connectivity index (χ4n) is 4.47. The predicted molar refractivity (Wildman–Crippen MR) is 104 cm³/mol. The number of benzene rings is 1. The average Bonchev–Trinajstić information content (AvgIpc) is 3.00. The Labute approximate surface area is 158 Å². The van der Waals surface area contributed by atoms with Crippen molar-refractivity contribution in [1.29, 1.82) is 0 Å². The van der Waals surface area contributed by atoms with E-state index in [1.165, 1.54) is 0 Å². The Morgan fingerprint density at radius 2 is 1.96 bits per heavy atom. The van der Waals surface area contributed by atoms with Gasteiger partial charge in [-0.25, -0.2) is 10.4 Å². The highest BCUT2D eigenvalue weighted by Crippen LogP contribution is 2.35. The number of aromatic nitrogens is 2. The van der Waals surface area contributed by atoms with Crippen LogP contribution in [0.15, 0.2) is 24.3 Å². The van der Waals surface area contributed by atoms with Crippen LogP contribution in [0.2, 0.25) is 0 Å². The van der Waals surface area contributed by atoms with Crippen LogP contribution in [-0.4, -0.2) is 27.4 Å². The van der Waals surface area contributed by atoms with Gasteiger partial charge in [-0.05, 0) is 51.7 Å². The zero-order valence-electron chi connectivity index (χ0n) is 16.1. The number of hydrazine groups is 1. The highest BCUT2D eigenvalue weighted by molar-refractivity contribution is 5.97. The van der Waals surface area contributed by atoms with E-state index in [1.807, 2.05) is 24.3 Å². The third kappa shape index (κ3) is 3.20. The van der Waals surface area contributed by atoms with Gasteiger partial charge < -0.3 is 4.57 Å². The first-order chi connectivity index (χ1) is 12.9. The molecule has 0 spiro atoms. The van der Waals surface area contributed by atoms with E-state index in [1.54, 1.807) is 0 Å². The van der Waals surface area contributed by atoms with Gasteiger partial charge in [-0.15, -0.1) is 0 Å². The van der Waals surface area contributed by atoms with E-state index < -0.39 is 6.04 Å². The molecule has 27 heavy (non-hydrogen) atoms. The SMILES string of the molecule is CC(C)(C)n1c(NC(=O)C2NNC(=O)C3CCCCC32)nc2ccccc21. The summed E-state index contributed by atoms with van der Waals surface area (Å²) in [7, 11) is 0. The number of nitrogens with zero attached hydrogens (tertiary/aromatic N) is 2. The molecule has 3 atom stereocenters. The molecule has 2 fully saturated rings. The zero-order valence-corrected chi connectivity index (χ0v) is 16.1. The molecular weight excluding hydrogens is 342 g/mol. The van der Waals surface area contributed by atoms with Crippen LogP contribution in [0.4, 0.5) is 5.95 Å². The van der Waals surface area contributed by atoms with Crippen LogP contribution in [0.1, 0.15) is 46.5 Å². The van der Waals surface area contributed by atoms with Crippen molar-refractivity contribution in [3.05, 3.63) is 24.3 Å². The molecule has 3 N–H and O–H groups in total. The number of anilines is 1. The molecule has 2 amide bonds. The summed E-state index contributed by atoms with van der Waals surface area (Å²) in [5.74, 6) is 0.343. The van der Waals surface area contributed by atoms with Crippen molar-refractivity contribution in [3.8, 4) is 0 Å².